The Labute approximate surface area is 170 Å². The predicted octanol–water partition coefficient (Wildman–Crippen LogP) is 5.10. The van der Waals surface area contributed by atoms with Gasteiger partial charge in [0.2, 0.25) is 5.78 Å². The van der Waals surface area contributed by atoms with E-state index in [0.717, 1.165) is 51.4 Å². The number of carbonyl (C=O) groups is 2. The third-order valence-corrected chi connectivity index (χ3v) is 9.68. The number of ketones is 2. The van der Waals surface area contributed by atoms with Gasteiger partial charge in [0.1, 0.15) is 5.78 Å². The first-order valence-electron chi connectivity index (χ1n) is 11.3. The number of rotatable bonds is 3. The van der Waals surface area contributed by atoms with Gasteiger partial charge in [-0.05, 0) is 92.3 Å². The topological polar surface area (TPSA) is 54.4 Å². The molecule has 8 atom stereocenters. The van der Waals surface area contributed by atoms with Gasteiger partial charge in [-0.15, -0.1) is 0 Å². The lowest BCUT2D eigenvalue weighted by Gasteiger charge is -2.60. The van der Waals surface area contributed by atoms with Crippen LogP contribution in [0.25, 0.3) is 0 Å². The number of aliphatic hydroxyl groups excluding tert-OH is 1. The van der Waals surface area contributed by atoms with Crippen molar-refractivity contribution in [3.05, 3.63) is 0 Å². The van der Waals surface area contributed by atoms with Crippen LogP contribution in [-0.4, -0.2) is 29.0 Å². The third-order valence-electron chi connectivity index (χ3n) is 9.68. The number of halogens is 3. The first kappa shape index (κ1) is 21.3. The molecule has 4 saturated carbocycles. The second kappa shape index (κ2) is 7.06. The molecule has 1 N–H and O–H groups in total. The minimum Gasteiger partial charge on any atom is -0.393 e. The van der Waals surface area contributed by atoms with Gasteiger partial charge in [0.25, 0.3) is 0 Å². The van der Waals surface area contributed by atoms with E-state index in [2.05, 4.69) is 13.8 Å². The fourth-order valence-corrected chi connectivity index (χ4v) is 8.15. The van der Waals surface area contributed by atoms with Gasteiger partial charge in [0.15, 0.2) is 0 Å². The van der Waals surface area contributed by atoms with Gasteiger partial charge in [-0.2, -0.15) is 13.2 Å². The van der Waals surface area contributed by atoms with Crippen molar-refractivity contribution in [2.24, 2.45) is 40.4 Å². The molecule has 0 aliphatic heterocycles. The van der Waals surface area contributed by atoms with Crippen LogP contribution in [0.15, 0.2) is 0 Å². The lowest BCUT2D eigenvalue weighted by atomic mass is 9.44. The molecular weight excluding hydrogens is 381 g/mol. The van der Waals surface area contributed by atoms with E-state index in [0.29, 0.717) is 30.1 Å². The van der Waals surface area contributed by atoms with Crippen molar-refractivity contribution in [3.8, 4) is 0 Å². The van der Waals surface area contributed by atoms with Crippen LogP contribution in [0.4, 0.5) is 13.2 Å². The molecule has 0 spiro atoms. The number of hydrogen-bond acceptors (Lipinski definition) is 3. The van der Waals surface area contributed by atoms with E-state index >= 15 is 0 Å². The van der Waals surface area contributed by atoms with Crippen LogP contribution in [0, 0.1) is 40.4 Å². The summed E-state index contributed by atoms with van der Waals surface area (Å²) >= 11 is 0. The summed E-state index contributed by atoms with van der Waals surface area (Å²) in [4.78, 5) is 24.1. The maximum absolute atomic E-state index is 12.7. The smallest absolute Gasteiger partial charge is 0.393 e. The zero-order valence-electron chi connectivity index (χ0n) is 17.4. The summed E-state index contributed by atoms with van der Waals surface area (Å²) in [6.07, 6.45) is 2.27. The van der Waals surface area contributed by atoms with E-state index in [9.17, 15) is 27.9 Å². The van der Waals surface area contributed by atoms with Crippen LogP contribution < -0.4 is 0 Å². The first-order chi connectivity index (χ1) is 13.5. The molecule has 0 aromatic carbocycles. The molecule has 0 amide bonds. The molecule has 0 bridgehead atoms. The number of Topliss-reactive ketones (excluding diaryl/α,β-unsaturated/α-hetero) is 2. The van der Waals surface area contributed by atoms with E-state index in [1.807, 2.05) is 0 Å². The highest BCUT2D eigenvalue weighted by molar-refractivity contribution is 6.02. The zero-order chi connectivity index (χ0) is 21.2. The highest BCUT2D eigenvalue weighted by atomic mass is 19.4. The molecule has 4 fully saturated rings. The molecule has 0 aromatic heterocycles. The van der Waals surface area contributed by atoms with Crippen molar-refractivity contribution in [2.45, 2.75) is 90.3 Å². The minimum absolute atomic E-state index is 0.182. The minimum atomic E-state index is -4.93. The molecule has 0 unspecified atom stereocenters. The molecule has 0 saturated heterocycles. The Kier molecular flexibility index (Phi) is 5.20. The monoisotopic (exact) mass is 414 g/mol. The van der Waals surface area contributed by atoms with Gasteiger partial charge < -0.3 is 5.11 Å². The van der Waals surface area contributed by atoms with Gasteiger partial charge >= 0.3 is 6.18 Å². The van der Waals surface area contributed by atoms with Crippen LogP contribution >= 0.6 is 0 Å². The van der Waals surface area contributed by atoms with Crippen LogP contribution in [0.2, 0.25) is 0 Å². The maximum atomic E-state index is 12.7. The summed E-state index contributed by atoms with van der Waals surface area (Å²) in [5, 5.41) is 10.1. The van der Waals surface area contributed by atoms with Crippen molar-refractivity contribution >= 4 is 11.6 Å². The summed E-state index contributed by atoms with van der Waals surface area (Å²) in [6.45, 7) is 4.49. The van der Waals surface area contributed by atoms with Crippen molar-refractivity contribution in [2.75, 3.05) is 0 Å². The van der Waals surface area contributed by atoms with Gasteiger partial charge in [0.05, 0.1) is 12.5 Å². The molecule has 0 aromatic rings. The van der Waals surface area contributed by atoms with E-state index in [1.165, 1.54) is 0 Å². The third kappa shape index (κ3) is 3.37. The van der Waals surface area contributed by atoms with Crippen LogP contribution in [0.5, 0.6) is 0 Å². The lowest BCUT2D eigenvalue weighted by molar-refractivity contribution is -0.172. The largest absolute Gasteiger partial charge is 0.450 e. The maximum Gasteiger partial charge on any atom is 0.450 e. The van der Waals surface area contributed by atoms with Crippen molar-refractivity contribution in [1.82, 2.24) is 0 Å². The molecule has 4 aliphatic carbocycles. The average Bonchev–Trinajstić information content (AvgIpc) is 2.98. The van der Waals surface area contributed by atoms with E-state index in [1.54, 1.807) is 0 Å². The Bertz CT molecular complexity index is 689. The van der Waals surface area contributed by atoms with E-state index in [-0.39, 0.29) is 16.9 Å². The Morgan fingerprint density at radius 1 is 0.931 bits per heavy atom. The molecular formula is C23H33F3O3. The van der Waals surface area contributed by atoms with E-state index < -0.39 is 30.1 Å². The SMILES string of the molecule is C[C@]12CC[C@@H](O)C[C@H]1CC[C@@H]1[C@@H]2CC[C@]2(C)[C@@H](C(=O)CC(=O)C(F)(F)F)CC[C@@H]12. The van der Waals surface area contributed by atoms with Gasteiger partial charge in [0, 0.05) is 5.92 Å². The summed E-state index contributed by atoms with van der Waals surface area (Å²) in [5.74, 6) is -0.813. The number of hydrogen-bond donors (Lipinski definition) is 1. The molecule has 0 heterocycles. The van der Waals surface area contributed by atoms with Crippen LogP contribution in [-0.2, 0) is 9.59 Å². The summed E-state index contributed by atoms with van der Waals surface area (Å²) in [6, 6.07) is 0. The van der Waals surface area contributed by atoms with Crippen molar-refractivity contribution in [1.29, 1.82) is 0 Å². The molecule has 0 radical (unpaired) electrons. The Balaban J connectivity index is 1.52. The zero-order valence-corrected chi connectivity index (χ0v) is 17.4. The number of fused-ring (bicyclic) bond motifs is 5. The fraction of sp³-hybridized carbons (Fsp3) is 0.913. The molecule has 3 nitrogen and oxygen atoms in total. The number of carbonyl (C=O) groups excluding carboxylic acids is 2. The molecule has 164 valence electrons. The number of alkyl halides is 3. The van der Waals surface area contributed by atoms with Crippen molar-refractivity contribution < 1.29 is 27.9 Å². The van der Waals surface area contributed by atoms with Crippen LogP contribution in [0.1, 0.15) is 78.1 Å². The van der Waals surface area contributed by atoms with Gasteiger partial charge in [-0.25, -0.2) is 0 Å². The lowest BCUT2D eigenvalue weighted by Crippen LogP contribution is -2.54. The van der Waals surface area contributed by atoms with Crippen LogP contribution in [0.3, 0.4) is 0 Å². The normalized spacial score (nSPS) is 47.1. The standard InChI is InChI=1S/C23H33F3O3/c1-21-9-7-14(27)11-13(21)3-4-15-16-5-6-18(22(16,2)10-8-17(15)21)19(28)12-20(29)23(24,25)26/h13-18,27H,3-12H2,1-2H3/t13-,14-,15+,16+,17+,18-,21+,22+/m1/s1. The predicted molar refractivity (Wildman–Crippen MR) is 102 cm³/mol. The van der Waals surface area contributed by atoms with Crippen molar-refractivity contribution in [3.63, 3.8) is 0 Å². The van der Waals surface area contributed by atoms with E-state index in [4.69, 9.17) is 0 Å². The molecule has 6 heteroatoms. The van der Waals surface area contributed by atoms with Gasteiger partial charge in [-0.1, -0.05) is 13.8 Å². The first-order valence-corrected chi connectivity index (χ1v) is 11.3. The summed E-state index contributed by atoms with van der Waals surface area (Å²) < 4.78 is 38.0. The second-order valence-corrected chi connectivity index (χ2v) is 10.8. The quantitative estimate of drug-likeness (QED) is 0.654. The second-order valence-electron chi connectivity index (χ2n) is 10.8. The fourth-order valence-electron chi connectivity index (χ4n) is 8.15. The molecule has 4 aliphatic rings. The highest BCUT2D eigenvalue weighted by Crippen LogP contribution is 2.67. The Hall–Kier alpha value is -0.910. The summed E-state index contributed by atoms with van der Waals surface area (Å²) in [7, 11) is 0. The highest BCUT2D eigenvalue weighted by Gasteiger charge is 2.61. The summed E-state index contributed by atoms with van der Waals surface area (Å²) in [5.41, 5.74) is -0.0423. The molecule has 29 heavy (non-hydrogen) atoms. The Morgan fingerprint density at radius 3 is 2.28 bits per heavy atom. The Morgan fingerprint density at radius 2 is 1.59 bits per heavy atom. The molecule has 4 rings (SSSR count). The number of aliphatic hydroxyl groups is 1. The van der Waals surface area contributed by atoms with Gasteiger partial charge in [-0.3, -0.25) is 9.59 Å². The average molecular weight is 415 g/mol.